The molecule has 0 spiro atoms. The highest BCUT2D eigenvalue weighted by atomic mass is 32.1. The Morgan fingerprint density at radius 2 is 2.57 bits per heavy atom. The fourth-order valence-corrected chi connectivity index (χ4v) is 1.93. The van der Waals surface area contributed by atoms with Gasteiger partial charge in [0, 0.05) is 24.6 Å². The third kappa shape index (κ3) is 2.78. The summed E-state index contributed by atoms with van der Waals surface area (Å²) in [5, 5.41) is 7.47. The van der Waals surface area contributed by atoms with Crippen LogP contribution in [0.3, 0.4) is 0 Å². The van der Waals surface area contributed by atoms with Gasteiger partial charge in [-0.3, -0.25) is 0 Å². The lowest BCUT2D eigenvalue weighted by Crippen LogP contribution is -2.21. The third-order valence-electron chi connectivity index (χ3n) is 2.24. The molecule has 0 saturated carbocycles. The Balaban J connectivity index is 1.70. The first-order valence-corrected chi connectivity index (χ1v) is 5.61. The molecule has 0 amide bonds. The summed E-state index contributed by atoms with van der Waals surface area (Å²) in [6.07, 6.45) is 6.15. The van der Waals surface area contributed by atoms with E-state index in [9.17, 15) is 0 Å². The van der Waals surface area contributed by atoms with Gasteiger partial charge in [0.05, 0.1) is 0 Å². The second-order valence-electron chi connectivity index (χ2n) is 3.24. The van der Waals surface area contributed by atoms with Gasteiger partial charge >= 0.3 is 0 Å². The van der Waals surface area contributed by atoms with Crippen molar-refractivity contribution in [1.82, 2.24) is 14.7 Å². The van der Waals surface area contributed by atoms with Crippen molar-refractivity contribution >= 4 is 16.7 Å². The van der Waals surface area contributed by atoms with Crippen LogP contribution in [0.25, 0.3) is 0 Å². The van der Waals surface area contributed by atoms with Crippen LogP contribution in [0, 0.1) is 0 Å². The van der Waals surface area contributed by atoms with E-state index in [0.717, 1.165) is 31.2 Å². The van der Waals surface area contributed by atoms with Gasteiger partial charge < -0.3 is 10.6 Å². The summed E-state index contributed by atoms with van der Waals surface area (Å²) in [5.74, 6) is 0. The van der Waals surface area contributed by atoms with E-state index in [1.807, 2.05) is 0 Å². The van der Waals surface area contributed by atoms with E-state index in [0.29, 0.717) is 0 Å². The van der Waals surface area contributed by atoms with E-state index in [-0.39, 0.29) is 0 Å². The van der Waals surface area contributed by atoms with Crippen LogP contribution in [0.5, 0.6) is 0 Å². The Morgan fingerprint density at radius 3 is 3.29 bits per heavy atom. The number of nitrogens with zero attached hydrogens (tertiary/aromatic N) is 2. The first-order valence-electron chi connectivity index (χ1n) is 4.84. The molecule has 1 aliphatic heterocycles. The maximum atomic E-state index is 4.06. The highest BCUT2D eigenvalue weighted by molar-refractivity contribution is 7.09. The monoisotopic (exact) mass is 210 g/mol. The molecule has 14 heavy (non-hydrogen) atoms. The van der Waals surface area contributed by atoms with Crippen LogP contribution in [0.4, 0.5) is 5.13 Å². The van der Waals surface area contributed by atoms with Crippen LogP contribution in [-0.4, -0.2) is 29.0 Å². The van der Waals surface area contributed by atoms with E-state index >= 15 is 0 Å². The van der Waals surface area contributed by atoms with E-state index in [1.54, 1.807) is 11.9 Å². The van der Waals surface area contributed by atoms with Gasteiger partial charge in [-0.25, -0.2) is 4.98 Å². The largest absolute Gasteiger partial charge is 0.360 e. The molecule has 0 radical (unpaired) electrons. The summed E-state index contributed by atoms with van der Waals surface area (Å²) >= 11 is 1.41. The normalized spacial score (nSPS) is 16.4. The van der Waals surface area contributed by atoms with Crippen LogP contribution < -0.4 is 10.6 Å². The summed E-state index contributed by atoms with van der Waals surface area (Å²) < 4.78 is 3.93. The molecule has 0 bridgehead atoms. The predicted octanol–water partition coefficient (Wildman–Crippen LogP) is 1.26. The van der Waals surface area contributed by atoms with Gasteiger partial charge in [0.2, 0.25) is 5.13 Å². The predicted molar refractivity (Wildman–Crippen MR) is 58.6 cm³/mol. The lowest BCUT2D eigenvalue weighted by Gasteiger charge is -2.13. The van der Waals surface area contributed by atoms with Crippen molar-refractivity contribution in [2.24, 2.45) is 0 Å². The van der Waals surface area contributed by atoms with Crippen molar-refractivity contribution in [3.8, 4) is 0 Å². The molecule has 1 aromatic rings. The molecule has 2 heterocycles. The molecule has 0 aromatic carbocycles. The molecule has 76 valence electrons. The van der Waals surface area contributed by atoms with Gasteiger partial charge in [-0.15, -0.1) is 0 Å². The van der Waals surface area contributed by atoms with Gasteiger partial charge in [0.1, 0.15) is 6.33 Å². The first kappa shape index (κ1) is 9.61. The van der Waals surface area contributed by atoms with Crippen LogP contribution in [0.2, 0.25) is 0 Å². The summed E-state index contributed by atoms with van der Waals surface area (Å²) in [6, 6.07) is 0. The molecular formula is C9H14N4S. The Kier molecular flexibility index (Phi) is 3.48. The molecule has 0 fully saturated rings. The first-order chi connectivity index (χ1) is 6.95. The maximum absolute atomic E-state index is 4.06. The summed E-state index contributed by atoms with van der Waals surface area (Å²) in [5.41, 5.74) is 1.54. The number of hydrogen-bond acceptors (Lipinski definition) is 5. The number of hydrogen-bond donors (Lipinski definition) is 2. The molecule has 1 aromatic heterocycles. The molecule has 0 atom stereocenters. The quantitative estimate of drug-likeness (QED) is 0.735. The zero-order chi connectivity index (χ0) is 9.64. The molecule has 4 nitrogen and oxygen atoms in total. The van der Waals surface area contributed by atoms with Gasteiger partial charge in [0.15, 0.2) is 0 Å². The van der Waals surface area contributed by atoms with Crippen molar-refractivity contribution in [2.45, 2.75) is 12.8 Å². The van der Waals surface area contributed by atoms with Gasteiger partial charge in [0.25, 0.3) is 0 Å². The van der Waals surface area contributed by atoms with E-state index in [4.69, 9.17) is 0 Å². The second kappa shape index (κ2) is 5.07. The number of nitrogens with one attached hydrogen (secondary N) is 2. The average molecular weight is 210 g/mol. The van der Waals surface area contributed by atoms with Crippen molar-refractivity contribution in [3.05, 3.63) is 18.0 Å². The Labute approximate surface area is 87.6 Å². The van der Waals surface area contributed by atoms with Crippen LogP contribution in [-0.2, 0) is 0 Å². The number of rotatable bonds is 4. The van der Waals surface area contributed by atoms with Gasteiger partial charge in [-0.1, -0.05) is 11.6 Å². The highest BCUT2D eigenvalue weighted by Crippen LogP contribution is 2.11. The Bertz CT molecular complexity index is 294. The zero-order valence-corrected chi connectivity index (χ0v) is 8.81. The zero-order valence-electron chi connectivity index (χ0n) is 7.99. The fraction of sp³-hybridized carbons (Fsp3) is 0.556. The molecule has 2 N–H and O–H groups in total. The lowest BCUT2D eigenvalue weighted by molar-refractivity contribution is 0.683. The highest BCUT2D eigenvalue weighted by Gasteiger charge is 2.02. The summed E-state index contributed by atoms with van der Waals surface area (Å²) in [6.45, 7) is 3.10. The summed E-state index contributed by atoms with van der Waals surface area (Å²) in [7, 11) is 0. The Morgan fingerprint density at radius 1 is 1.57 bits per heavy atom. The Hall–Kier alpha value is -0.940. The minimum Gasteiger partial charge on any atom is -0.360 e. The smallest absolute Gasteiger partial charge is 0.202 e. The molecular weight excluding hydrogens is 196 g/mol. The minimum absolute atomic E-state index is 0.916. The minimum atomic E-state index is 0.916. The van der Waals surface area contributed by atoms with Crippen molar-refractivity contribution in [2.75, 3.05) is 25.0 Å². The molecule has 0 saturated heterocycles. The number of aromatic nitrogens is 2. The van der Waals surface area contributed by atoms with Crippen molar-refractivity contribution in [1.29, 1.82) is 0 Å². The van der Waals surface area contributed by atoms with E-state index in [1.165, 1.54) is 18.0 Å². The van der Waals surface area contributed by atoms with Crippen LogP contribution >= 0.6 is 11.5 Å². The molecule has 0 unspecified atom stereocenters. The molecule has 1 aliphatic rings. The molecule has 2 rings (SSSR count). The molecule has 5 heteroatoms. The molecule has 0 aliphatic carbocycles. The lowest BCUT2D eigenvalue weighted by atomic mass is 10.1. The third-order valence-corrected chi connectivity index (χ3v) is 2.86. The fourth-order valence-electron chi connectivity index (χ4n) is 1.48. The SMILES string of the molecule is C1=C(CCNc2ncns2)CCNC1. The summed E-state index contributed by atoms with van der Waals surface area (Å²) in [4.78, 5) is 4.06. The van der Waals surface area contributed by atoms with E-state index < -0.39 is 0 Å². The van der Waals surface area contributed by atoms with Crippen molar-refractivity contribution in [3.63, 3.8) is 0 Å². The second-order valence-corrected chi connectivity index (χ2v) is 4.02. The van der Waals surface area contributed by atoms with Gasteiger partial charge in [-0.2, -0.15) is 4.37 Å². The topological polar surface area (TPSA) is 49.8 Å². The van der Waals surface area contributed by atoms with Crippen LogP contribution in [0.1, 0.15) is 12.8 Å². The standard InChI is InChI=1S/C9H14N4S/c1-4-10-5-2-8(1)3-6-11-9-12-7-13-14-9/h1,7,10H,2-6H2,(H,11,12,13). The van der Waals surface area contributed by atoms with Gasteiger partial charge in [-0.05, 0) is 19.4 Å². The van der Waals surface area contributed by atoms with E-state index in [2.05, 4.69) is 26.1 Å². The average Bonchev–Trinajstić information content (AvgIpc) is 2.72. The maximum Gasteiger partial charge on any atom is 0.202 e. The van der Waals surface area contributed by atoms with Crippen molar-refractivity contribution < 1.29 is 0 Å². The van der Waals surface area contributed by atoms with Crippen LogP contribution in [0.15, 0.2) is 18.0 Å². The number of anilines is 1.